The highest BCUT2D eigenvalue weighted by Gasteiger charge is 2.19. The van der Waals surface area contributed by atoms with Crippen LogP contribution in [-0.4, -0.2) is 32.4 Å². The van der Waals surface area contributed by atoms with Crippen LogP contribution in [0.2, 0.25) is 5.02 Å². The first-order chi connectivity index (χ1) is 14.8. The molecule has 0 radical (unpaired) electrons. The van der Waals surface area contributed by atoms with Crippen molar-refractivity contribution >= 4 is 27.3 Å². The second-order valence-corrected chi connectivity index (χ2v) is 9.28. The monoisotopic (exact) mass is 452 g/mol. The van der Waals surface area contributed by atoms with Crippen molar-refractivity contribution in [3.8, 4) is 22.5 Å². The average Bonchev–Trinajstić information content (AvgIpc) is 3.18. The zero-order chi connectivity index (χ0) is 22.0. The summed E-state index contributed by atoms with van der Waals surface area (Å²) in [6, 6.07) is 25.1. The standard InChI is InChI=1S/C23H21ClN4O2S/c1-27(2)20-8-6-7-18(15-20)22-16-23(17-11-13-19(24)14-12-17)28(25-22)26-31(29,30)21-9-4-3-5-10-21/h3-16,26H,1-2H3. The van der Waals surface area contributed by atoms with Gasteiger partial charge in [-0.25, -0.2) is 0 Å². The van der Waals surface area contributed by atoms with Gasteiger partial charge in [0, 0.05) is 35.9 Å². The Hall–Kier alpha value is -3.29. The fraction of sp³-hybridized carbons (Fsp3) is 0.0870. The first-order valence-electron chi connectivity index (χ1n) is 9.55. The number of anilines is 1. The van der Waals surface area contributed by atoms with Crippen LogP contribution in [0.5, 0.6) is 0 Å². The molecular formula is C23H21ClN4O2S. The summed E-state index contributed by atoms with van der Waals surface area (Å²) in [5.74, 6) is 0. The maximum Gasteiger partial charge on any atom is 0.276 e. The van der Waals surface area contributed by atoms with Crippen molar-refractivity contribution in [3.63, 3.8) is 0 Å². The van der Waals surface area contributed by atoms with Gasteiger partial charge in [-0.05, 0) is 42.5 Å². The third-order valence-electron chi connectivity index (χ3n) is 4.77. The summed E-state index contributed by atoms with van der Waals surface area (Å²) in [7, 11) is 0.1000. The third-order valence-corrected chi connectivity index (χ3v) is 6.33. The molecule has 1 aromatic heterocycles. The molecule has 1 N–H and O–H groups in total. The molecule has 1 heterocycles. The molecule has 0 bridgehead atoms. The highest BCUT2D eigenvalue weighted by molar-refractivity contribution is 7.92. The number of nitrogens with one attached hydrogen (secondary N) is 1. The minimum atomic E-state index is -3.83. The predicted molar refractivity (Wildman–Crippen MR) is 125 cm³/mol. The minimum absolute atomic E-state index is 0.156. The number of aromatic nitrogens is 2. The maximum atomic E-state index is 12.9. The molecule has 31 heavy (non-hydrogen) atoms. The van der Waals surface area contributed by atoms with Crippen molar-refractivity contribution in [2.24, 2.45) is 0 Å². The van der Waals surface area contributed by atoms with E-state index in [-0.39, 0.29) is 4.90 Å². The summed E-state index contributed by atoms with van der Waals surface area (Å²) in [5, 5.41) is 5.16. The smallest absolute Gasteiger partial charge is 0.276 e. The summed E-state index contributed by atoms with van der Waals surface area (Å²) in [4.78, 5) is 6.03. The van der Waals surface area contributed by atoms with Crippen LogP contribution in [0.15, 0.2) is 89.8 Å². The Morgan fingerprint density at radius 1 is 0.871 bits per heavy atom. The van der Waals surface area contributed by atoms with E-state index in [1.807, 2.05) is 61.5 Å². The summed E-state index contributed by atoms with van der Waals surface area (Å²) in [6.45, 7) is 0. The van der Waals surface area contributed by atoms with E-state index in [0.29, 0.717) is 16.4 Å². The van der Waals surface area contributed by atoms with Crippen LogP contribution in [0.3, 0.4) is 0 Å². The topological polar surface area (TPSA) is 67.2 Å². The summed E-state index contributed by atoms with van der Waals surface area (Å²) < 4.78 is 25.9. The van der Waals surface area contributed by atoms with Crippen molar-refractivity contribution in [1.29, 1.82) is 0 Å². The average molecular weight is 453 g/mol. The van der Waals surface area contributed by atoms with E-state index in [2.05, 4.69) is 9.93 Å². The van der Waals surface area contributed by atoms with Gasteiger partial charge in [-0.3, -0.25) is 0 Å². The first-order valence-corrected chi connectivity index (χ1v) is 11.4. The molecule has 158 valence electrons. The van der Waals surface area contributed by atoms with Gasteiger partial charge in [0.15, 0.2) is 0 Å². The lowest BCUT2D eigenvalue weighted by atomic mass is 10.1. The molecule has 8 heteroatoms. The van der Waals surface area contributed by atoms with Crippen molar-refractivity contribution in [1.82, 2.24) is 9.89 Å². The van der Waals surface area contributed by atoms with Crippen LogP contribution >= 0.6 is 11.6 Å². The maximum absolute atomic E-state index is 12.9. The summed E-state index contributed by atoms with van der Waals surface area (Å²) in [6.07, 6.45) is 0. The van der Waals surface area contributed by atoms with E-state index in [0.717, 1.165) is 16.8 Å². The molecule has 0 aliphatic carbocycles. The second-order valence-electron chi connectivity index (χ2n) is 7.19. The molecule has 0 saturated carbocycles. The molecule has 0 fully saturated rings. The fourth-order valence-corrected chi connectivity index (χ4v) is 4.24. The molecule has 0 aliphatic heterocycles. The molecular weight excluding hydrogens is 432 g/mol. The lowest BCUT2D eigenvalue weighted by molar-refractivity contribution is 0.592. The molecule has 3 aromatic carbocycles. The van der Waals surface area contributed by atoms with Gasteiger partial charge in [-0.15, -0.1) is 0 Å². The number of hydrogen-bond donors (Lipinski definition) is 1. The highest BCUT2D eigenvalue weighted by atomic mass is 35.5. The van der Waals surface area contributed by atoms with Crippen LogP contribution in [0.25, 0.3) is 22.5 Å². The van der Waals surface area contributed by atoms with Crippen molar-refractivity contribution in [2.75, 3.05) is 23.8 Å². The van der Waals surface area contributed by atoms with Gasteiger partial charge in [-0.1, -0.05) is 54.1 Å². The van der Waals surface area contributed by atoms with Crippen LogP contribution in [0, 0.1) is 0 Å². The zero-order valence-electron chi connectivity index (χ0n) is 17.0. The van der Waals surface area contributed by atoms with Gasteiger partial charge < -0.3 is 4.90 Å². The summed E-state index contributed by atoms with van der Waals surface area (Å²) in [5.41, 5.74) is 3.91. The molecule has 0 saturated heterocycles. The van der Waals surface area contributed by atoms with Crippen LogP contribution in [0.1, 0.15) is 0 Å². The number of halogens is 1. The molecule has 0 unspecified atom stereocenters. The zero-order valence-corrected chi connectivity index (χ0v) is 18.6. The molecule has 4 rings (SSSR count). The number of sulfonamides is 1. The fourth-order valence-electron chi connectivity index (χ4n) is 3.13. The Kier molecular flexibility index (Phi) is 5.71. The number of rotatable bonds is 6. The molecule has 4 aromatic rings. The molecule has 6 nitrogen and oxygen atoms in total. The lowest BCUT2D eigenvalue weighted by Crippen LogP contribution is -2.25. The Morgan fingerprint density at radius 2 is 1.58 bits per heavy atom. The van der Waals surface area contributed by atoms with E-state index in [1.165, 1.54) is 16.9 Å². The van der Waals surface area contributed by atoms with Gasteiger partial charge in [0.1, 0.15) is 0 Å². The Bertz CT molecular complexity index is 1300. The highest BCUT2D eigenvalue weighted by Crippen LogP contribution is 2.29. The Balaban J connectivity index is 1.81. The lowest BCUT2D eigenvalue weighted by Gasteiger charge is -2.13. The normalized spacial score (nSPS) is 11.3. The van der Waals surface area contributed by atoms with Crippen molar-refractivity contribution < 1.29 is 8.42 Å². The minimum Gasteiger partial charge on any atom is -0.378 e. The van der Waals surface area contributed by atoms with E-state index < -0.39 is 10.0 Å². The molecule has 0 atom stereocenters. The number of benzene rings is 3. The van der Waals surface area contributed by atoms with Gasteiger partial charge >= 0.3 is 0 Å². The SMILES string of the molecule is CN(C)c1cccc(-c2cc(-c3ccc(Cl)cc3)n(NS(=O)(=O)c3ccccc3)n2)c1. The Labute approximate surface area is 186 Å². The predicted octanol–water partition coefficient (Wildman–Crippen LogP) is 4.87. The summed E-state index contributed by atoms with van der Waals surface area (Å²) >= 11 is 6.03. The van der Waals surface area contributed by atoms with Crippen molar-refractivity contribution in [2.45, 2.75) is 4.90 Å². The van der Waals surface area contributed by atoms with Crippen LogP contribution in [-0.2, 0) is 10.0 Å². The third kappa shape index (κ3) is 4.57. The van der Waals surface area contributed by atoms with E-state index in [1.54, 1.807) is 30.3 Å². The second kappa shape index (κ2) is 8.45. The van der Waals surface area contributed by atoms with Gasteiger partial charge in [-0.2, -0.15) is 23.1 Å². The van der Waals surface area contributed by atoms with Crippen LogP contribution < -0.4 is 9.73 Å². The van der Waals surface area contributed by atoms with Gasteiger partial charge in [0.25, 0.3) is 10.0 Å². The number of nitrogens with zero attached hydrogens (tertiary/aromatic N) is 3. The van der Waals surface area contributed by atoms with Gasteiger partial charge in [0.05, 0.1) is 16.3 Å². The number of hydrogen-bond acceptors (Lipinski definition) is 4. The van der Waals surface area contributed by atoms with Crippen molar-refractivity contribution in [3.05, 3.63) is 90.0 Å². The van der Waals surface area contributed by atoms with E-state index >= 15 is 0 Å². The van der Waals surface area contributed by atoms with Gasteiger partial charge in [0.2, 0.25) is 0 Å². The largest absolute Gasteiger partial charge is 0.378 e. The van der Waals surface area contributed by atoms with E-state index in [4.69, 9.17) is 11.6 Å². The molecule has 0 aliphatic rings. The van der Waals surface area contributed by atoms with E-state index in [9.17, 15) is 8.42 Å². The van der Waals surface area contributed by atoms with Crippen LogP contribution in [0.4, 0.5) is 5.69 Å². The molecule has 0 amide bonds. The molecule has 0 spiro atoms. The first kappa shape index (κ1) is 21.0. The quantitative estimate of drug-likeness (QED) is 0.453. The Morgan fingerprint density at radius 3 is 2.26 bits per heavy atom.